The highest BCUT2D eigenvalue weighted by Crippen LogP contribution is 2.20. The minimum Gasteiger partial charge on any atom is -0.361 e. The first-order valence-electron chi connectivity index (χ1n) is 9.37. The van der Waals surface area contributed by atoms with Crippen LogP contribution in [-0.4, -0.2) is 20.6 Å². The standard InChI is InChI=1S/C22H22N4O2/c1-3-19(16-7-5-4-6-8-16)24-22(27)17-9-10-20-21(12-17)26(14-23-20)13-18-11-15(2)28-25-18/h4-12,14,19H,3,13H2,1-2H3,(H,24,27)/t19-/m1/s1. The fraction of sp³-hybridized carbons (Fsp3) is 0.227. The molecule has 142 valence electrons. The molecule has 0 saturated carbocycles. The number of rotatable bonds is 6. The molecule has 4 rings (SSSR count). The van der Waals surface area contributed by atoms with Crippen LogP contribution in [0.4, 0.5) is 0 Å². The van der Waals surface area contributed by atoms with Gasteiger partial charge in [-0.2, -0.15) is 0 Å². The summed E-state index contributed by atoms with van der Waals surface area (Å²) in [5.41, 5.74) is 4.26. The summed E-state index contributed by atoms with van der Waals surface area (Å²) >= 11 is 0. The number of carbonyl (C=O) groups is 1. The predicted molar refractivity (Wildman–Crippen MR) is 107 cm³/mol. The van der Waals surface area contributed by atoms with Crippen molar-refractivity contribution >= 4 is 16.9 Å². The van der Waals surface area contributed by atoms with Crippen molar-refractivity contribution in [2.24, 2.45) is 0 Å². The summed E-state index contributed by atoms with van der Waals surface area (Å²) in [6, 6.07) is 17.5. The Bertz CT molecular complexity index is 1100. The van der Waals surface area contributed by atoms with E-state index in [-0.39, 0.29) is 11.9 Å². The van der Waals surface area contributed by atoms with Crippen LogP contribution in [0.1, 0.15) is 46.8 Å². The molecule has 28 heavy (non-hydrogen) atoms. The maximum Gasteiger partial charge on any atom is 0.251 e. The second kappa shape index (κ2) is 7.68. The van der Waals surface area contributed by atoms with E-state index in [0.717, 1.165) is 34.5 Å². The first kappa shape index (κ1) is 18.0. The van der Waals surface area contributed by atoms with Crippen molar-refractivity contribution in [3.63, 3.8) is 0 Å². The zero-order chi connectivity index (χ0) is 19.5. The molecule has 1 N–H and O–H groups in total. The fourth-order valence-electron chi connectivity index (χ4n) is 3.34. The number of hydrogen-bond donors (Lipinski definition) is 1. The summed E-state index contributed by atoms with van der Waals surface area (Å²) < 4.78 is 7.11. The quantitative estimate of drug-likeness (QED) is 0.547. The van der Waals surface area contributed by atoms with Crippen LogP contribution in [-0.2, 0) is 6.54 Å². The maximum atomic E-state index is 12.9. The zero-order valence-electron chi connectivity index (χ0n) is 15.9. The molecule has 1 atom stereocenters. The molecule has 1 amide bonds. The van der Waals surface area contributed by atoms with E-state index in [9.17, 15) is 4.79 Å². The molecule has 4 aromatic rings. The van der Waals surface area contributed by atoms with Gasteiger partial charge in [0.2, 0.25) is 0 Å². The van der Waals surface area contributed by atoms with Gasteiger partial charge in [-0.25, -0.2) is 4.98 Å². The molecule has 0 unspecified atom stereocenters. The average molecular weight is 374 g/mol. The number of hydrogen-bond acceptors (Lipinski definition) is 4. The van der Waals surface area contributed by atoms with Crippen LogP contribution in [0.25, 0.3) is 11.0 Å². The lowest BCUT2D eigenvalue weighted by molar-refractivity contribution is 0.0935. The van der Waals surface area contributed by atoms with Gasteiger partial charge in [-0.1, -0.05) is 42.4 Å². The number of aryl methyl sites for hydroxylation is 1. The number of imidazole rings is 1. The number of carbonyl (C=O) groups excluding carboxylic acids is 1. The second-order valence-corrected chi connectivity index (χ2v) is 6.85. The number of nitrogens with one attached hydrogen (secondary N) is 1. The lowest BCUT2D eigenvalue weighted by Crippen LogP contribution is -2.28. The highest BCUT2D eigenvalue weighted by atomic mass is 16.5. The molecule has 2 aromatic carbocycles. The minimum atomic E-state index is -0.0948. The maximum absolute atomic E-state index is 12.9. The van der Waals surface area contributed by atoms with Crippen molar-refractivity contribution in [3.8, 4) is 0 Å². The molecule has 2 aromatic heterocycles. The third-order valence-corrected chi connectivity index (χ3v) is 4.81. The van der Waals surface area contributed by atoms with E-state index >= 15 is 0 Å². The predicted octanol–water partition coefficient (Wildman–Crippen LogP) is 4.26. The minimum absolute atomic E-state index is 0.0209. The Labute approximate surface area is 163 Å². The Hall–Kier alpha value is -3.41. The Morgan fingerprint density at radius 1 is 1.18 bits per heavy atom. The van der Waals surface area contributed by atoms with E-state index in [2.05, 4.69) is 22.4 Å². The first-order valence-corrected chi connectivity index (χ1v) is 9.37. The van der Waals surface area contributed by atoms with Gasteiger partial charge in [-0.3, -0.25) is 4.79 Å². The molecule has 0 aliphatic rings. The Morgan fingerprint density at radius 3 is 2.71 bits per heavy atom. The molecule has 2 heterocycles. The smallest absolute Gasteiger partial charge is 0.251 e. The van der Waals surface area contributed by atoms with E-state index < -0.39 is 0 Å². The van der Waals surface area contributed by atoms with Gasteiger partial charge in [-0.05, 0) is 37.1 Å². The van der Waals surface area contributed by atoms with Crippen molar-refractivity contribution in [1.29, 1.82) is 0 Å². The van der Waals surface area contributed by atoms with E-state index in [1.807, 2.05) is 66.1 Å². The first-order chi connectivity index (χ1) is 13.6. The van der Waals surface area contributed by atoms with Crippen LogP contribution in [0.2, 0.25) is 0 Å². The van der Waals surface area contributed by atoms with Crippen molar-refractivity contribution in [2.75, 3.05) is 0 Å². The molecule has 6 heteroatoms. The molecule has 0 bridgehead atoms. The molecule has 0 aliphatic carbocycles. The molecule has 6 nitrogen and oxygen atoms in total. The van der Waals surface area contributed by atoms with Crippen LogP contribution in [0.15, 0.2) is 65.4 Å². The Kier molecular flexibility index (Phi) is 4.93. The van der Waals surface area contributed by atoms with Gasteiger partial charge in [0.05, 0.1) is 29.9 Å². The molecule has 0 spiro atoms. The molecule has 0 saturated heterocycles. The summed E-state index contributed by atoms with van der Waals surface area (Å²) in [6.45, 7) is 4.47. The highest BCUT2D eigenvalue weighted by Gasteiger charge is 2.15. The van der Waals surface area contributed by atoms with E-state index in [1.54, 1.807) is 6.33 Å². The number of benzene rings is 2. The third kappa shape index (κ3) is 3.67. The zero-order valence-corrected chi connectivity index (χ0v) is 15.9. The lowest BCUT2D eigenvalue weighted by atomic mass is 10.0. The van der Waals surface area contributed by atoms with Crippen molar-refractivity contribution in [1.82, 2.24) is 20.0 Å². The summed E-state index contributed by atoms with van der Waals surface area (Å²) in [7, 11) is 0. The Morgan fingerprint density at radius 2 is 2.00 bits per heavy atom. The fourth-order valence-corrected chi connectivity index (χ4v) is 3.34. The van der Waals surface area contributed by atoms with Crippen molar-refractivity contribution in [3.05, 3.63) is 83.5 Å². The van der Waals surface area contributed by atoms with Gasteiger partial charge in [0, 0.05) is 11.6 Å². The van der Waals surface area contributed by atoms with Crippen LogP contribution in [0.5, 0.6) is 0 Å². The highest BCUT2D eigenvalue weighted by molar-refractivity contribution is 5.97. The monoisotopic (exact) mass is 374 g/mol. The van der Waals surface area contributed by atoms with Crippen LogP contribution in [0.3, 0.4) is 0 Å². The Balaban J connectivity index is 1.58. The number of aromatic nitrogens is 3. The third-order valence-electron chi connectivity index (χ3n) is 4.81. The lowest BCUT2D eigenvalue weighted by Gasteiger charge is -2.17. The van der Waals surface area contributed by atoms with E-state index in [4.69, 9.17) is 4.52 Å². The number of fused-ring (bicyclic) bond motifs is 1. The number of amides is 1. The largest absolute Gasteiger partial charge is 0.361 e. The summed E-state index contributed by atoms with van der Waals surface area (Å²) in [6.07, 6.45) is 2.58. The van der Waals surface area contributed by atoms with Crippen molar-refractivity contribution < 1.29 is 9.32 Å². The molecular formula is C22H22N4O2. The van der Waals surface area contributed by atoms with E-state index in [0.29, 0.717) is 12.1 Å². The second-order valence-electron chi connectivity index (χ2n) is 6.85. The van der Waals surface area contributed by atoms with Gasteiger partial charge >= 0.3 is 0 Å². The van der Waals surface area contributed by atoms with Crippen LogP contribution < -0.4 is 5.32 Å². The van der Waals surface area contributed by atoms with Crippen LogP contribution >= 0.6 is 0 Å². The average Bonchev–Trinajstić information content (AvgIpc) is 3.32. The molecule has 0 fully saturated rings. The summed E-state index contributed by atoms with van der Waals surface area (Å²) in [5.74, 6) is 0.675. The topological polar surface area (TPSA) is 73.0 Å². The molecule has 0 radical (unpaired) electrons. The van der Waals surface area contributed by atoms with Crippen LogP contribution in [0, 0.1) is 6.92 Å². The summed E-state index contributed by atoms with van der Waals surface area (Å²) in [5, 5.41) is 7.17. The molecular weight excluding hydrogens is 352 g/mol. The SMILES string of the molecule is CC[C@@H](NC(=O)c1ccc2ncn(Cc3cc(C)on3)c2c1)c1ccccc1. The molecule has 0 aliphatic heterocycles. The van der Waals surface area contributed by atoms with Gasteiger partial charge < -0.3 is 14.4 Å². The summed E-state index contributed by atoms with van der Waals surface area (Å²) in [4.78, 5) is 17.3. The van der Waals surface area contributed by atoms with Gasteiger partial charge in [0.1, 0.15) is 11.5 Å². The van der Waals surface area contributed by atoms with Gasteiger partial charge in [-0.15, -0.1) is 0 Å². The van der Waals surface area contributed by atoms with Crippen molar-refractivity contribution in [2.45, 2.75) is 32.9 Å². The number of nitrogens with zero attached hydrogens (tertiary/aromatic N) is 3. The van der Waals surface area contributed by atoms with Gasteiger partial charge in [0.15, 0.2) is 0 Å². The van der Waals surface area contributed by atoms with Gasteiger partial charge in [0.25, 0.3) is 5.91 Å². The van der Waals surface area contributed by atoms with E-state index in [1.165, 1.54) is 0 Å². The normalized spacial score (nSPS) is 12.2.